The molecule has 1 aliphatic heterocycles. The monoisotopic (exact) mass is 361 g/mol. The maximum absolute atomic E-state index is 12.5. The second-order valence-electron chi connectivity index (χ2n) is 5.23. The minimum Gasteiger partial charge on any atom is -0.497 e. The minimum atomic E-state index is -0.780. The van der Waals surface area contributed by atoms with Gasteiger partial charge in [0, 0.05) is 0 Å². The molecule has 25 heavy (non-hydrogen) atoms. The van der Waals surface area contributed by atoms with E-state index in [0.717, 1.165) is 0 Å². The molecule has 8 nitrogen and oxygen atoms in total. The topological polar surface area (TPSA) is 119 Å². The number of nitrogens with one attached hydrogen (secondary N) is 2. The van der Waals surface area contributed by atoms with Gasteiger partial charge >= 0.3 is 5.97 Å². The van der Waals surface area contributed by atoms with Gasteiger partial charge in [0.2, 0.25) is 11.8 Å². The van der Waals surface area contributed by atoms with E-state index in [2.05, 4.69) is 9.97 Å². The third-order valence-electron chi connectivity index (χ3n) is 3.85. The molecule has 9 heteroatoms. The Morgan fingerprint density at radius 1 is 1.24 bits per heavy atom. The number of H-pyrrole nitrogens is 2. The fourth-order valence-electron chi connectivity index (χ4n) is 2.73. The van der Waals surface area contributed by atoms with E-state index in [1.165, 1.54) is 7.11 Å². The number of hydrogen-bond donors (Lipinski definition) is 3. The second-order valence-corrected chi connectivity index (χ2v) is 5.64. The van der Waals surface area contributed by atoms with Crippen molar-refractivity contribution in [1.29, 1.82) is 0 Å². The lowest BCUT2D eigenvalue weighted by molar-refractivity contribution is -0.136. The van der Waals surface area contributed by atoms with E-state index in [9.17, 15) is 9.59 Å². The van der Waals surface area contributed by atoms with E-state index in [4.69, 9.17) is 32.2 Å². The third-order valence-corrected chi connectivity index (χ3v) is 4.06. The van der Waals surface area contributed by atoms with Gasteiger partial charge in [-0.1, -0.05) is 12.1 Å². The minimum absolute atomic E-state index is 0.0381. The van der Waals surface area contributed by atoms with Gasteiger partial charge in [0.15, 0.2) is 4.77 Å². The van der Waals surface area contributed by atoms with Crippen LogP contribution >= 0.6 is 12.2 Å². The number of hydrogen-bond acceptors (Lipinski definition) is 7. The summed E-state index contributed by atoms with van der Waals surface area (Å²) in [5.74, 6) is -0.895. The summed E-state index contributed by atoms with van der Waals surface area (Å²) < 4.78 is 15.5. The number of nitrogens with two attached hydrogens (primary N) is 1. The summed E-state index contributed by atoms with van der Waals surface area (Å²) in [6.45, 7) is 0. The Hall–Kier alpha value is -3.07. The van der Waals surface area contributed by atoms with Crippen molar-refractivity contribution in [3.8, 4) is 11.6 Å². The van der Waals surface area contributed by atoms with Crippen LogP contribution in [0, 0.1) is 4.77 Å². The highest BCUT2D eigenvalue weighted by Crippen LogP contribution is 2.39. The molecule has 0 bridgehead atoms. The molecule has 1 aromatic carbocycles. The van der Waals surface area contributed by atoms with Crippen LogP contribution in [0.25, 0.3) is 0 Å². The SMILES string of the molecule is COC(=O)C1=C(N)Oc2[nH]c(=S)[nH]c(=O)c2C1c1ccc(OC)cc1. The Labute approximate surface area is 147 Å². The van der Waals surface area contributed by atoms with Crippen molar-refractivity contribution >= 4 is 18.2 Å². The zero-order valence-electron chi connectivity index (χ0n) is 13.4. The van der Waals surface area contributed by atoms with Crippen molar-refractivity contribution in [2.75, 3.05) is 14.2 Å². The highest BCUT2D eigenvalue weighted by Gasteiger charge is 2.37. The lowest BCUT2D eigenvalue weighted by Crippen LogP contribution is -2.32. The second kappa shape index (κ2) is 6.44. The third kappa shape index (κ3) is 2.89. The number of aromatic amines is 2. The van der Waals surface area contributed by atoms with Gasteiger partial charge in [0.25, 0.3) is 5.56 Å². The molecule has 0 radical (unpaired) electrons. The van der Waals surface area contributed by atoms with Crippen molar-refractivity contribution < 1.29 is 19.0 Å². The van der Waals surface area contributed by atoms with E-state index in [-0.39, 0.29) is 27.7 Å². The first-order valence-electron chi connectivity index (χ1n) is 7.22. The quantitative estimate of drug-likeness (QED) is 0.557. The van der Waals surface area contributed by atoms with Gasteiger partial charge in [-0.2, -0.15) is 0 Å². The molecule has 0 saturated heterocycles. The molecule has 0 aliphatic carbocycles. The number of ether oxygens (including phenoxy) is 3. The number of aromatic nitrogens is 2. The molecule has 2 heterocycles. The van der Waals surface area contributed by atoms with Crippen LogP contribution in [0.2, 0.25) is 0 Å². The van der Waals surface area contributed by atoms with Crippen molar-refractivity contribution in [1.82, 2.24) is 9.97 Å². The number of esters is 1. The van der Waals surface area contributed by atoms with Gasteiger partial charge in [-0.15, -0.1) is 0 Å². The Bertz CT molecular complexity index is 975. The van der Waals surface area contributed by atoms with Crippen molar-refractivity contribution in [2.24, 2.45) is 5.73 Å². The summed E-state index contributed by atoms with van der Waals surface area (Å²) in [6, 6.07) is 6.90. The molecule has 1 aliphatic rings. The van der Waals surface area contributed by atoms with E-state index in [1.54, 1.807) is 31.4 Å². The fourth-order valence-corrected chi connectivity index (χ4v) is 2.91. The van der Waals surface area contributed by atoms with E-state index in [1.807, 2.05) is 0 Å². The lowest BCUT2D eigenvalue weighted by Gasteiger charge is -2.26. The number of carbonyl (C=O) groups is 1. The summed E-state index contributed by atoms with van der Waals surface area (Å²) in [4.78, 5) is 30.0. The Kier molecular flexibility index (Phi) is 4.32. The van der Waals surface area contributed by atoms with Gasteiger partial charge < -0.3 is 24.9 Å². The Morgan fingerprint density at radius 3 is 2.52 bits per heavy atom. The summed E-state index contributed by atoms with van der Waals surface area (Å²) in [5, 5.41) is 0. The maximum Gasteiger partial charge on any atom is 0.340 e. The van der Waals surface area contributed by atoms with Gasteiger partial charge in [0.1, 0.15) is 11.3 Å². The zero-order valence-corrected chi connectivity index (χ0v) is 14.2. The first-order chi connectivity index (χ1) is 12.0. The lowest BCUT2D eigenvalue weighted by atomic mass is 9.84. The van der Waals surface area contributed by atoms with Gasteiger partial charge in [-0.25, -0.2) is 4.79 Å². The molecule has 2 aromatic rings. The average Bonchev–Trinajstić information content (AvgIpc) is 2.59. The molecule has 0 amide bonds. The largest absolute Gasteiger partial charge is 0.497 e. The van der Waals surface area contributed by atoms with Gasteiger partial charge in [0.05, 0.1) is 25.7 Å². The molecule has 1 unspecified atom stereocenters. The van der Waals surface area contributed by atoms with Crippen LogP contribution in [0.5, 0.6) is 11.6 Å². The van der Waals surface area contributed by atoms with E-state index >= 15 is 0 Å². The first kappa shape index (κ1) is 16.8. The Morgan fingerprint density at radius 2 is 1.92 bits per heavy atom. The average molecular weight is 361 g/mol. The van der Waals surface area contributed by atoms with E-state index < -0.39 is 17.4 Å². The smallest absolute Gasteiger partial charge is 0.340 e. The van der Waals surface area contributed by atoms with Crippen LogP contribution in [0.4, 0.5) is 0 Å². The normalized spacial score (nSPS) is 16.0. The van der Waals surface area contributed by atoms with Crippen LogP contribution in [0.3, 0.4) is 0 Å². The highest BCUT2D eigenvalue weighted by molar-refractivity contribution is 7.71. The van der Waals surface area contributed by atoms with Crippen LogP contribution in [0.1, 0.15) is 17.0 Å². The predicted molar refractivity (Wildman–Crippen MR) is 90.9 cm³/mol. The van der Waals surface area contributed by atoms with Gasteiger partial charge in [-0.05, 0) is 29.9 Å². The molecule has 4 N–H and O–H groups in total. The van der Waals surface area contributed by atoms with Crippen molar-refractivity contribution in [2.45, 2.75) is 5.92 Å². The number of fused-ring (bicyclic) bond motifs is 1. The number of methoxy groups -OCH3 is 2. The fraction of sp³-hybridized carbons (Fsp3) is 0.188. The summed E-state index contributed by atoms with van der Waals surface area (Å²) in [7, 11) is 2.77. The zero-order chi connectivity index (χ0) is 18.1. The van der Waals surface area contributed by atoms with Gasteiger partial charge in [-0.3, -0.25) is 9.78 Å². The van der Waals surface area contributed by atoms with Crippen LogP contribution in [-0.4, -0.2) is 30.2 Å². The highest BCUT2D eigenvalue weighted by atomic mass is 32.1. The molecule has 1 atom stereocenters. The summed E-state index contributed by atoms with van der Waals surface area (Å²) in [5.41, 5.74) is 6.31. The molecule has 0 saturated carbocycles. The van der Waals surface area contributed by atoms with Crippen LogP contribution in [0.15, 0.2) is 40.5 Å². The number of carbonyl (C=O) groups excluding carboxylic acids is 1. The maximum atomic E-state index is 12.5. The molecule has 1 aromatic heterocycles. The number of rotatable bonds is 3. The number of benzene rings is 1. The Balaban J connectivity index is 2.28. The van der Waals surface area contributed by atoms with Crippen molar-refractivity contribution in [3.63, 3.8) is 0 Å². The predicted octanol–water partition coefficient (Wildman–Crippen LogP) is 1.31. The van der Waals surface area contributed by atoms with Crippen LogP contribution in [-0.2, 0) is 9.53 Å². The molecule has 0 fully saturated rings. The molecule has 0 spiro atoms. The first-order valence-corrected chi connectivity index (χ1v) is 7.63. The molecular formula is C16H15N3O5S. The van der Waals surface area contributed by atoms with Crippen LogP contribution < -0.4 is 20.8 Å². The van der Waals surface area contributed by atoms with Crippen molar-refractivity contribution in [3.05, 3.63) is 62.0 Å². The van der Waals surface area contributed by atoms with E-state index in [0.29, 0.717) is 11.3 Å². The molecular weight excluding hydrogens is 346 g/mol. The molecule has 3 rings (SSSR count). The summed E-state index contributed by atoms with van der Waals surface area (Å²) >= 11 is 4.96. The summed E-state index contributed by atoms with van der Waals surface area (Å²) in [6.07, 6.45) is 0. The molecule has 130 valence electrons. The standard InChI is InChI=1S/C16H15N3O5S/c1-22-8-5-3-7(4-6-8)9-10(15(21)23-2)12(17)24-14-11(9)13(20)18-16(25)19-14/h3-6,9H,17H2,1-2H3,(H2,18,19,20,25).